The van der Waals surface area contributed by atoms with Crippen LogP contribution in [0.2, 0.25) is 18.1 Å². The van der Waals surface area contributed by atoms with Crippen molar-refractivity contribution in [1.29, 1.82) is 0 Å². The molecule has 1 aliphatic heterocycles. The topological polar surface area (TPSA) is 150 Å². The second-order valence-electron chi connectivity index (χ2n) is 18.7. The van der Waals surface area contributed by atoms with Crippen molar-refractivity contribution in [2.45, 2.75) is 115 Å². The summed E-state index contributed by atoms with van der Waals surface area (Å²) in [5.41, 5.74) is -0.0660. The van der Waals surface area contributed by atoms with E-state index in [1.807, 2.05) is 49.5 Å². The van der Waals surface area contributed by atoms with E-state index < -0.39 is 65.9 Å². The number of fused-ring (bicyclic) bond motifs is 4. The van der Waals surface area contributed by atoms with E-state index in [4.69, 9.17) is 23.2 Å². The highest BCUT2D eigenvalue weighted by atomic mass is 28.4. The van der Waals surface area contributed by atoms with E-state index in [0.29, 0.717) is 18.5 Å². The molecule has 3 aromatic rings. The molecule has 12 nitrogen and oxygen atoms in total. The first-order valence-corrected chi connectivity index (χ1v) is 23.2. The SMILES string of the molecule is C=CCN[C@@H]1c2onc(OCc3ccccc3)c2C(=O)[C@@]2(O[Si](C)(C)C(C)(C)C)C(O)=C3C(=O)c4c(cc(C5CCCN5C)cc4OC(=O)OC(C)(C)C)C[C@H]3C[C@@H]12. The number of carbonyl (C=O) groups excluding carboxylic acids is 3. The molecular formula is C45H57N3O9Si. The Labute approximate surface area is 342 Å². The Morgan fingerprint density at radius 2 is 1.84 bits per heavy atom. The van der Waals surface area contributed by atoms with Crippen molar-refractivity contribution in [2.75, 3.05) is 20.1 Å². The maximum Gasteiger partial charge on any atom is 0.514 e. The smallest absolute Gasteiger partial charge is 0.508 e. The summed E-state index contributed by atoms with van der Waals surface area (Å²) in [7, 11) is -0.875. The molecule has 0 amide bonds. The van der Waals surface area contributed by atoms with Crippen LogP contribution in [0.1, 0.15) is 116 Å². The van der Waals surface area contributed by atoms with Crippen molar-refractivity contribution in [3.8, 4) is 11.6 Å². The third-order valence-corrected chi connectivity index (χ3v) is 17.0. The van der Waals surface area contributed by atoms with Gasteiger partial charge in [0, 0.05) is 24.1 Å². The molecule has 0 saturated carbocycles. The maximum absolute atomic E-state index is 15.6. The van der Waals surface area contributed by atoms with Gasteiger partial charge in [-0.15, -0.1) is 6.58 Å². The number of allylic oxidation sites excluding steroid dienone is 1. The van der Waals surface area contributed by atoms with Gasteiger partial charge in [-0.05, 0) is 112 Å². The number of hydrogen-bond acceptors (Lipinski definition) is 12. The summed E-state index contributed by atoms with van der Waals surface area (Å²) < 4.78 is 30.9. The van der Waals surface area contributed by atoms with Gasteiger partial charge in [-0.2, -0.15) is 0 Å². The zero-order valence-corrected chi connectivity index (χ0v) is 36.2. The summed E-state index contributed by atoms with van der Waals surface area (Å²) in [4.78, 5) is 46.3. The van der Waals surface area contributed by atoms with E-state index in [-0.39, 0.29) is 53.2 Å². The minimum Gasteiger partial charge on any atom is -0.508 e. The number of carbonyl (C=O) groups is 3. The second-order valence-corrected chi connectivity index (χ2v) is 23.4. The van der Waals surface area contributed by atoms with Crippen molar-refractivity contribution in [1.82, 2.24) is 15.4 Å². The quantitative estimate of drug-likeness (QED) is 0.0871. The largest absolute Gasteiger partial charge is 0.514 e. The van der Waals surface area contributed by atoms with Gasteiger partial charge in [-0.1, -0.05) is 63.2 Å². The van der Waals surface area contributed by atoms with Gasteiger partial charge in [0.25, 0.3) is 5.88 Å². The molecule has 310 valence electrons. The van der Waals surface area contributed by atoms with Crippen LogP contribution in [0.15, 0.2) is 71.0 Å². The van der Waals surface area contributed by atoms with Crippen LogP contribution in [0.25, 0.3) is 0 Å². The highest BCUT2D eigenvalue weighted by molar-refractivity contribution is 6.74. The zero-order valence-electron chi connectivity index (χ0n) is 35.2. The lowest BCUT2D eigenvalue weighted by atomic mass is 9.58. The molecule has 1 aromatic heterocycles. The van der Waals surface area contributed by atoms with E-state index in [9.17, 15) is 9.90 Å². The third kappa shape index (κ3) is 7.35. The first-order chi connectivity index (χ1) is 27.3. The fourth-order valence-corrected chi connectivity index (χ4v) is 10.3. The van der Waals surface area contributed by atoms with Gasteiger partial charge in [0.1, 0.15) is 29.3 Å². The van der Waals surface area contributed by atoms with E-state index in [1.54, 1.807) is 32.9 Å². The number of ether oxygens (including phenoxy) is 3. The van der Waals surface area contributed by atoms with Gasteiger partial charge >= 0.3 is 6.16 Å². The number of hydrogen-bond donors (Lipinski definition) is 2. The Kier molecular flexibility index (Phi) is 10.9. The summed E-state index contributed by atoms with van der Waals surface area (Å²) in [6, 6.07) is 12.7. The highest BCUT2D eigenvalue weighted by Crippen LogP contribution is 2.59. The molecule has 3 aliphatic carbocycles. The first kappa shape index (κ1) is 41.6. The van der Waals surface area contributed by atoms with Crippen LogP contribution in [0.4, 0.5) is 4.79 Å². The Hall–Kier alpha value is -4.56. The number of nitrogens with one attached hydrogen (secondary N) is 1. The summed E-state index contributed by atoms with van der Waals surface area (Å²) in [5.74, 6) is -2.45. The maximum atomic E-state index is 15.6. The monoisotopic (exact) mass is 811 g/mol. The molecule has 2 N–H and O–H groups in total. The molecule has 0 spiro atoms. The number of aromatic nitrogens is 1. The molecule has 13 heteroatoms. The van der Waals surface area contributed by atoms with Crippen molar-refractivity contribution in [2.24, 2.45) is 11.8 Å². The van der Waals surface area contributed by atoms with Gasteiger partial charge < -0.3 is 33.6 Å². The van der Waals surface area contributed by atoms with Gasteiger partial charge in [0.05, 0.1) is 11.6 Å². The molecule has 7 rings (SSSR count). The van der Waals surface area contributed by atoms with Crippen LogP contribution in [-0.4, -0.2) is 72.5 Å². The standard InChI is InChI=1S/C45H57N3O9Si/c1-11-19-46-36-30-23-29-22-28-21-27(31-18-15-20-48(31)8)24-32(54-42(52)55-43(2,3)4)33(28)37(49)34(29)39(50)45(30,57-58(9,10)44(5,6)7)40(51)35-38(36)56-47-41(35)53-25-26-16-13-12-14-17-26/h11-14,16-17,21,24,29-31,36,46,50H,1,15,18-20,22-23,25H2,2-10H3/t29-,30-,31?,36-,45-/m0/s1. The average Bonchev–Trinajstić information content (AvgIpc) is 3.76. The predicted molar refractivity (Wildman–Crippen MR) is 221 cm³/mol. The minimum atomic E-state index is -2.94. The van der Waals surface area contributed by atoms with Gasteiger partial charge in [0.15, 0.2) is 25.5 Å². The summed E-state index contributed by atoms with van der Waals surface area (Å²) in [6.45, 7) is 20.7. The number of benzene rings is 2. The molecule has 2 aromatic carbocycles. The number of rotatable bonds is 10. The van der Waals surface area contributed by atoms with Crippen LogP contribution in [-0.2, 0) is 22.2 Å². The molecule has 1 fully saturated rings. The molecule has 1 unspecified atom stereocenters. The van der Waals surface area contributed by atoms with Crippen LogP contribution in [0.3, 0.4) is 0 Å². The van der Waals surface area contributed by atoms with Crippen molar-refractivity contribution in [3.63, 3.8) is 0 Å². The number of aliphatic hydroxyl groups is 1. The first-order valence-electron chi connectivity index (χ1n) is 20.3. The fraction of sp³-hybridized carbons (Fsp3) is 0.511. The van der Waals surface area contributed by atoms with Gasteiger partial charge in [0.2, 0.25) is 5.78 Å². The fourth-order valence-electron chi connectivity index (χ4n) is 8.84. The van der Waals surface area contributed by atoms with Crippen LogP contribution < -0.4 is 14.8 Å². The Morgan fingerprint density at radius 1 is 1.12 bits per heavy atom. The van der Waals surface area contributed by atoms with Crippen LogP contribution in [0.5, 0.6) is 11.6 Å². The van der Waals surface area contributed by atoms with E-state index in [0.717, 1.165) is 30.5 Å². The Balaban J connectivity index is 1.42. The molecule has 4 aliphatic rings. The average molecular weight is 812 g/mol. The molecular weight excluding hydrogens is 755 g/mol. The van der Waals surface area contributed by atoms with Gasteiger partial charge in [-0.3, -0.25) is 14.5 Å². The second kappa shape index (κ2) is 15.2. The summed E-state index contributed by atoms with van der Waals surface area (Å²) in [6.07, 6.45) is 3.33. The molecule has 58 heavy (non-hydrogen) atoms. The lowest BCUT2D eigenvalue weighted by Gasteiger charge is -2.54. The Morgan fingerprint density at radius 3 is 2.48 bits per heavy atom. The van der Waals surface area contributed by atoms with E-state index in [2.05, 4.69) is 49.8 Å². The lowest BCUT2D eigenvalue weighted by Crippen LogP contribution is -2.65. The number of ketones is 2. The van der Waals surface area contributed by atoms with Crippen molar-refractivity contribution in [3.05, 3.63) is 100 Å². The Bertz CT molecular complexity index is 2150. The van der Waals surface area contributed by atoms with Crippen molar-refractivity contribution >= 4 is 26.0 Å². The number of aliphatic hydroxyl groups excluding tert-OH is 1. The molecule has 2 heterocycles. The molecule has 1 saturated heterocycles. The molecule has 0 radical (unpaired) electrons. The third-order valence-electron chi connectivity index (χ3n) is 12.6. The normalized spacial score (nSPS) is 24.8. The number of Topliss-reactive ketones (excluding diaryl/α,β-unsaturated/α-hetero) is 2. The number of nitrogens with zero attached hydrogens (tertiary/aromatic N) is 2. The van der Waals surface area contributed by atoms with Crippen LogP contribution >= 0.6 is 0 Å². The number of likely N-dealkylation sites (tertiary alicyclic amines) is 1. The van der Waals surface area contributed by atoms with Crippen molar-refractivity contribution < 1.29 is 42.6 Å². The highest BCUT2D eigenvalue weighted by Gasteiger charge is 2.67. The van der Waals surface area contributed by atoms with Crippen LogP contribution in [0, 0.1) is 11.8 Å². The molecule has 0 bridgehead atoms. The summed E-state index contributed by atoms with van der Waals surface area (Å²) in [5, 5.41) is 20.4. The predicted octanol–water partition coefficient (Wildman–Crippen LogP) is 9.00. The molecule has 5 atom stereocenters. The summed E-state index contributed by atoms with van der Waals surface area (Å²) >= 11 is 0. The minimum absolute atomic E-state index is 0.0244. The zero-order chi connectivity index (χ0) is 41.9. The van der Waals surface area contributed by atoms with Gasteiger partial charge in [-0.25, -0.2) is 4.79 Å². The van der Waals surface area contributed by atoms with E-state index >= 15 is 9.59 Å². The lowest BCUT2D eigenvalue weighted by molar-refractivity contribution is -0.0318. The van der Waals surface area contributed by atoms with E-state index in [1.165, 1.54) is 0 Å².